The SMILES string of the molecule is Cc1ccc(-c2cc(C(F)(F)F)n(-c3ccc(S(N)(=O)=O)cc3)n2)cc1. The standard InChI is InChI=1S/C17H14F3N3O2S/c1-11-2-4-12(5-3-11)15-10-16(17(18,19)20)23(22-15)13-6-8-14(9-7-13)26(21,24)25/h2-10H,1H3,(H2,21,24,25). The number of aromatic nitrogens is 2. The number of rotatable bonds is 3. The smallest absolute Gasteiger partial charge is 0.228 e. The Hall–Kier alpha value is -2.65. The van der Waals surface area contributed by atoms with E-state index in [0.29, 0.717) is 5.56 Å². The number of hydrogen-bond donors (Lipinski definition) is 1. The normalized spacial score (nSPS) is 12.3. The first-order valence-corrected chi connectivity index (χ1v) is 8.98. The Morgan fingerprint density at radius 3 is 2.08 bits per heavy atom. The Bertz CT molecular complexity index is 1040. The number of hydrogen-bond acceptors (Lipinski definition) is 3. The van der Waals surface area contributed by atoms with Crippen LogP contribution < -0.4 is 5.14 Å². The average Bonchev–Trinajstić information content (AvgIpc) is 3.00. The van der Waals surface area contributed by atoms with Gasteiger partial charge in [-0.1, -0.05) is 29.8 Å². The van der Waals surface area contributed by atoms with Gasteiger partial charge in [-0.3, -0.25) is 0 Å². The minimum atomic E-state index is -4.63. The van der Waals surface area contributed by atoms with Crippen molar-refractivity contribution in [3.8, 4) is 16.9 Å². The molecule has 9 heteroatoms. The van der Waals surface area contributed by atoms with Gasteiger partial charge in [0, 0.05) is 5.56 Å². The summed E-state index contributed by atoms with van der Waals surface area (Å²) in [6.07, 6.45) is -4.63. The molecular weight excluding hydrogens is 367 g/mol. The van der Waals surface area contributed by atoms with Gasteiger partial charge >= 0.3 is 6.18 Å². The fourth-order valence-electron chi connectivity index (χ4n) is 2.42. The van der Waals surface area contributed by atoms with Crippen LogP contribution in [0.5, 0.6) is 0 Å². The summed E-state index contributed by atoms with van der Waals surface area (Å²) in [5, 5.41) is 9.06. The first-order chi connectivity index (χ1) is 12.1. The van der Waals surface area contributed by atoms with Crippen molar-refractivity contribution in [2.24, 2.45) is 5.14 Å². The van der Waals surface area contributed by atoms with Gasteiger partial charge in [-0.05, 0) is 37.3 Å². The Morgan fingerprint density at radius 1 is 1.00 bits per heavy atom. The molecule has 26 heavy (non-hydrogen) atoms. The molecule has 0 bridgehead atoms. The van der Waals surface area contributed by atoms with Crippen LogP contribution in [0.25, 0.3) is 16.9 Å². The van der Waals surface area contributed by atoms with E-state index in [1.165, 1.54) is 12.1 Å². The molecule has 2 N–H and O–H groups in total. The molecular formula is C17H14F3N3O2S. The number of sulfonamides is 1. The van der Waals surface area contributed by atoms with Crippen LogP contribution in [0.4, 0.5) is 13.2 Å². The van der Waals surface area contributed by atoms with Gasteiger partial charge < -0.3 is 0 Å². The van der Waals surface area contributed by atoms with Crippen molar-refractivity contribution >= 4 is 10.0 Å². The van der Waals surface area contributed by atoms with E-state index in [2.05, 4.69) is 5.10 Å². The van der Waals surface area contributed by atoms with E-state index >= 15 is 0 Å². The summed E-state index contributed by atoms with van der Waals surface area (Å²) in [6.45, 7) is 1.87. The summed E-state index contributed by atoms with van der Waals surface area (Å²) in [7, 11) is -3.93. The molecule has 3 aromatic rings. The van der Waals surface area contributed by atoms with Crippen molar-refractivity contribution in [3.63, 3.8) is 0 Å². The van der Waals surface area contributed by atoms with Crippen LogP contribution in [0, 0.1) is 6.92 Å². The summed E-state index contributed by atoms with van der Waals surface area (Å²) < 4.78 is 63.6. The molecule has 0 radical (unpaired) electrons. The summed E-state index contributed by atoms with van der Waals surface area (Å²) in [5.41, 5.74) is 0.788. The fourth-order valence-corrected chi connectivity index (χ4v) is 2.94. The lowest BCUT2D eigenvalue weighted by atomic mass is 10.1. The molecule has 1 aromatic heterocycles. The second-order valence-corrected chi connectivity index (χ2v) is 7.29. The lowest BCUT2D eigenvalue weighted by Crippen LogP contribution is -2.14. The number of aryl methyl sites for hydroxylation is 1. The molecule has 1 heterocycles. The third kappa shape index (κ3) is 3.63. The van der Waals surface area contributed by atoms with Crippen LogP contribution in [0.15, 0.2) is 59.5 Å². The molecule has 2 aromatic carbocycles. The van der Waals surface area contributed by atoms with E-state index in [0.717, 1.165) is 28.4 Å². The van der Waals surface area contributed by atoms with Crippen LogP contribution in [-0.4, -0.2) is 18.2 Å². The lowest BCUT2D eigenvalue weighted by Gasteiger charge is -2.10. The van der Waals surface area contributed by atoms with Gasteiger partial charge in [-0.25, -0.2) is 18.2 Å². The molecule has 0 unspecified atom stereocenters. The van der Waals surface area contributed by atoms with Crippen molar-refractivity contribution in [2.75, 3.05) is 0 Å². The van der Waals surface area contributed by atoms with Gasteiger partial charge in [0.1, 0.15) is 5.69 Å². The highest BCUT2D eigenvalue weighted by atomic mass is 32.2. The maximum Gasteiger partial charge on any atom is 0.433 e. The van der Waals surface area contributed by atoms with Gasteiger partial charge in [0.05, 0.1) is 16.3 Å². The molecule has 136 valence electrons. The third-order valence-corrected chi connectivity index (χ3v) is 4.69. The molecule has 5 nitrogen and oxygen atoms in total. The van der Waals surface area contributed by atoms with Crippen LogP contribution in [0.2, 0.25) is 0 Å². The van der Waals surface area contributed by atoms with Crippen LogP contribution in [-0.2, 0) is 16.2 Å². The highest BCUT2D eigenvalue weighted by molar-refractivity contribution is 7.89. The summed E-state index contributed by atoms with van der Waals surface area (Å²) in [6, 6.07) is 12.6. The van der Waals surface area contributed by atoms with Crippen molar-refractivity contribution in [3.05, 3.63) is 65.9 Å². The zero-order chi connectivity index (χ0) is 19.1. The van der Waals surface area contributed by atoms with Gasteiger partial charge in [0.15, 0.2) is 0 Å². The first-order valence-electron chi connectivity index (χ1n) is 7.43. The highest BCUT2D eigenvalue weighted by Crippen LogP contribution is 2.34. The quantitative estimate of drug-likeness (QED) is 0.754. The molecule has 0 atom stereocenters. The molecule has 0 saturated carbocycles. The molecule has 0 saturated heterocycles. The van der Waals surface area contributed by atoms with Gasteiger partial charge in [0.2, 0.25) is 10.0 Å². The van der Waals surface area contributed by atoms with E-state index in [1.54, 1.807) is 24.3 Å². The van der Waals surface area contributed by atoms with Crippen molar-refractivity contribution < 1.29 is 21.6 Å². The molecule has 0 aliphatic rings. The maximum atomic E-state index is 13.4. The molecule has 0 fully saturated rings. The summed E-state index contributed by atoms with van der Waals surface area (Å²) >= 11 is 0. The summed E-state index contributed by atoms with van der Waals surface area (Å²) in [4.78, 5) is -0.194. The zero-order valence-corrected chi connectivity index (χ0v) is 14.3. The zero-order valence-electron chi connectivity index (χ0n) is 13.5. The number of halogens is 3. The molecule has 3 rings (SSSR count). The van der Waals surface area contributed by atoms with Crippen molar-refractivity contribution in [1.29, 1.82) is 0 Å². The van der Waals surface area contributed by atoms with E-state index < -0.39 is 21.9 Å². The van der Waals surface area contributed by atoms with Gasteiger partial charge in [-0.15, -0.1) is 0 Å². The lowest BCUT2D eigenvalue weighted by molar-refractivity contribution is -0.142. The van der Waals surface area contributed by atoms with Gasteiger partial charge in [0.25, 0.3) is 0 Å². The minimum absolute atomic E-state index is 0.0723. The Kier molecular flexibility index (Phi) is 4.37. The fraction of sp³-hybridized carbons (Fsp3) is 0.118. The molecule has 0 aliphatic heterocycles. The van der Waals surface area contributed by atoms with Gasteiger partial charge in [-0.2, -0.15) is 18.3 Å². The first kappa shape index (κ1) is 18.2. The van der Waals surface area contributed by atoms with E-state index in [9.17, 15) is 21.6 Å². The Morgan fingerprint density at radius 2 is 1.58 bits per heavy atom. The van der Waals surface area contributed by atoms with E-state index in [1.807, 2.05) is 6.92 Å². The predicted molar refractivity (Wildman–Crippen MR) is 90.1 cm³/mol. The van der Waals surface area contributed by atoms with Crippen LogP contribution >= 0.6 is 0 Å². The van der Waals surface area contributed by atoms with Crippen molar-refractivity contribution in [1.82, 2.24) is 9.78 Å². The third-order valence-electron chi connectivity index (χ3n) is 3.76. The molecule has 0 amide bonds. The van der Waals surface area contributed by atoms with Crippen molar-refractivity contribution in [2.45, 2.75) is 18.0 Å². The van der Waals surface area contributed by atoms with Crippen LogP contribution in [0.3, 0.4) is 0 Å². The number of benzene rings is 2. The molecule has 0 aliphatic carbocycles. The van der Waals surface area contributed by atoms with E-state index in [-0.39, 0.29) is 16.3 Å². The average molecular weight is 381 g/mol. The number of alkyl halides is 3. The molecule has 0 spiro atoms. The Labute approximate surface area is 147 Å². The predicted octanol–water partition coefficient (Wildman–Crippen LogP) is 3.51. The number of nitrogens with zero attached hydrogens (tertiary/aromatic N) is 2. The monoisotopic (exact) mass is 381 g/mol. The second kappa shape index (κ2) is 6.26. The number of primary sulfonamides is 1. The minimum Gasteiger partial charge on any atom is -0.228 e. The largest absolute Gasteiger partial charge is 0.433 e. The number of nitrogens with two attached hydrogens (primary N) is 1. The topological polar surface area (TPSA) is 78.0 Å². The highest BCUT2D eigenvalue weighted by Gasteiger charge is 2.36. The van der Waals surface area contributed by atoms with E-state index in [4.69, 9.17) is 5.14 Å². The maximum absolute atomic E-state index is 13.4. The van der Waals surface area contributed by atoms with Crippen LogP contribution in [0.1, 0.15) is 11.3 Å². The Balaban J connectivity index is 2.12. The summed E-state index contributed by atoms with van der Waals surface area (Å²) in [5.74, 6) is 0. The second-order valence-electron chi connectivity index (χ2n) is 5.73.